The number of carbonyl (C=O) groups excluding carboxylic acids is 1. The molecule has 4 rings (SSSR count). The van der Waals surface area contributed by atoms with Crippen LogP contribution < -0.4 is 9.80 Å². The van der Waals surface area contributed by atoms with E-state index in [1.807, 2.05) is 11.0 Å². The minimum absolute atomic E-state index is 0.138. The molecule has 0 N–H and O–H groups in total. The number of likely N-dealkylation sites (tertiary alicyclic amines) is 1. The molecule has 1 aromatic rings. The number of nitrogens with zero attached hydrogens (tertiary/aromatic N) is 3. The Morgan fingerprint density at radius 2 is 1.79 bits per heavy atom. The Morgan fingerprint density at radius 1 is 1.00 bits per heavy atom. The maximum Gasteiger partial charge on any atom is 0.256 e. The number of anilines is 2. The summed E-state index contributed by atoms with van der Waals surface area (Å²) >= 11 is 0. The summed E-state index contributed by atoms with van der Waals surface area (Å²) in [5.74, 6) is 0.138. The van der Waals surface area contributed by atoms with Crippen molar-refractivity contribution in [3.05, 3.63) is 24.3 Å². The summed E-state index contributed by atoms with van der Waals surface area (Å²) in [6.45, 7) is 7.01. The lowest BCUT2D eigenvalue weighted by atomic mass is 10.1. The molecule has 0 spiro atoms. The molecule has 5 heteroatoms. The standard InChI is InChI=1S/C19H27N3O2/c23-19(18-8-5-15-24-18)22-14-13-21(12-11-20-9-3-4-10-20)16-6-1-2-7-17(16)22/h1-2,6-7,18H,3-5,8-15H2. The van der Waals surface area contributed by atoms with Gasteiger partial charge in [-0.15, -0.1) is 0 Å². The first-order chi connectivity index (χ1) is 11.8. The van der Waals surface area contributed by atoms with Crippen molar-refractivity contribution in [3.63, 3.8) is 0 Å². The quantitative estimate of drug-likeness (QED) is 0.848. The summed E-state index contributed by atoms with van der Waals surface area (Å²) in [7, 11) is 0. The van der Waals surface area contributed by atoms with Crippen LogP contribution in [-0.2, 0) is 9.53 Å². The molecule has 1 atom stereocenters. The fourth-order valence-electron chi connectivity index (χ4n) is 4.10. The largest absolute Gasteiger partial charge is 0.368 e. The van der Waals surface area contributed by atoms with E-state index in [1.54, 1.807) is 0 Å². The number of ether oxygens (including phenoxy) is 1. The Hall–Kier alpha value is -1.59. The van der Waals surface area contributed by atoms with Crippen molar-refractivity contribution < 1.29 is 9.53 Å². The van der Waals surface area contributed by atoms with E-state index in [0.29, 0.717) is 6.61 Å². The normalized spacial score (nSPS) is 24.4. The van der Waals surface area contributed by atoms with Crippen molar-refractivity contribution >= 4 is 17.3 Å². The highest BCUT2D eigenvalue weighted by molar-refractivity contribution is 6.00. The molecular formula is C19H27N3O2. The Labute approximate surface area is 144 Å². The van der Waals surface area contributed by atoms with Gasteiger partial charge in [-0.3, -0.25) is 4.79 Å². The molecule has 0 bridgehead atoms. The molecule has 2 saturated heterocycles. The van der Waals surface area contributed by atoms with Gasteiger partial charge in [-0.05, 0) is 50.9 Å². The predicted octanol–water partition coefficient (Wildman–Crippen LogP) is 2.11. The second-order valence-corrected chi connectivity index (χ2v) is 7.02. The molecular weight excluding hydrogens is 302 g/mol. The molecule has 1 aromatic carbocycles. The van der Waals surface area contributed by atoms with Crippen LogP contribution in [0.4, 0.5) is 11.4 Å². The first kappa shape index (κ1) is 15.9. The van der Waals surface area contributed by atoms with Crippen molar-refractivity contribution in [2.75, 3.05) is 55.7 Å². The van der Waals surface area contributed by atoms with E-state index in [-0.39, 0.29) is 12.0 Å². The van der Waals surface area contributed by atoms with Crippen LogP contribution in [0.2, 0.25) is 0 Å². The number of fused-ring (bicyclic) bond motifs is 1. The van der Waals surface area contributed by atoms with Crippen molar-refractivity contribution in [1.82, 2.24) is 4.90 Å². The zero-order valence-electron chi connectivity index (χ0n) is 14.3. The van der Waals surface area contributed by atoms with E-state index < -0.39 is 0 Å². The topological polar surface area (TPSA) is 36.0 Å². The lowest BCUT2D eigenvalue weighted by molar-refractivity contribution is -0.127. The summed E-state index contributed by atoms with van der Waals surface area (Å²) < 4.78 is 5.61. The average Bonchev–Trinajstić information content (AvgIpc) is 3.32. The Morgan fingerprint density at radius 3 is 2.54 bits per heavy atom. The van der Waals surface area contributed by atoms with Gasteiger partial charge in [-0.25, -0.2) is 0 Å². The summed E-state index contributed by atoms with van der Waals surface area (Å²) in [6.07, 6.45) is 4.28. The molecule has 5 nitrogen and oxygen atoms in total. The van der Waals surface area contributed by atoms with Gasteiger partial charge in [-0.1, -0.05) is 12.1 Å². The monoisotopic (exact) mass is 329 g/mol. The smallest absolute Gasteiger partial charge is 0.256 e. The third-order valence-corrected chi connectivity index (χ3v) is 5.46. The van der Waals surface area contributed by atoms with Crippen LogP contribution in [0.5, 0.6) is 0 Å². The van der Waals surface area contributed by atoms with Gasteiger partial charge in [0, 0.05) is 32.8 Å². The number of carbonyl (C=O) groups is 1. The highest BCUT2D eigenvalue weighted by Crippen LogP contribution is 2.34. The molecule has 1 amide bonds. The number of amides is 1. The maximum absolute atomic E-state index is 12.8. The van der Waals surface area contributed by atoms with E-state index in [9.17, 15) is 4.79 Å². The third kappa shape index (κ3) is 3.15. The van der Waals surface area contributed by atoms with Crippen LogP contribution in [0, 0.1) is 0 Å². The Kier molecular flexibility index (Phi) is 4.72. The second kappa shape index (κ2) is 7.11. The van der Waals surface area contributed by atoms with E-state index in [4.69, 9.17) is 4.74 Å². The first-order valence-electron chi connectivity index (χ1n) is 9.32. The number of para-hydroxylation sites is 2. The van der Waals surface area contributed by atoms with Crippen molar-refractivity contribution in [3.8, 4) is 0 Å². The summed E-state index contributed by atoms with van der Waals surface area (Å²) in [6, 6.07) is 8.32. The predicted molar refractivity (Wildman–Crippen MR) is 95.7 cm³/mol. The van der Waals surface area contributed by atoms with Gasteiger partial charge in [0.1, 0.15) is 6.10 Å². The maximum atomic E-state index is 12.8. The van der Waals surface area contributed by atoms with Gasteiger partial charge >= 0.3 is 0 Å². The molecule has 3 aliphatic rings. The fraction of sp³-hybridized carbons (Fsp3) is 0.632. The zero-order valence-corrected chi connectivity index (χ0v) is 14.3. The van der Waals surface area contributed by atoms with Crippen LogP contribution in [0.1, 0.15) is 25.7 Å². The van der Waals surface area contributed by atoms with Gasteiger partial charge in [-0.2, -0.15) is 0 Å². The molecule has 3 aliphatic heterocycles. The van der Waals surface area contributed by atoms with Crippen molar-refractivity contribution in [2.45, 2.75) is 31.8 Å². The van der Waals surface area contributed by atoms with E-state index >= 15 is 0 Å². The zero-order chi connectivity index (χ0) is 16.4. The molecule has 0 aliphatic carbocycles. The third-order valence-electron chi connectivity index (χ3n) is 5.46. The SMILES string of the molecule is O=C(C1CCCO1)N1CCN(CCN2CCCC2)c2ccccc21. The second-order valence-electron chi connectivity index (χ2n) is 7.02. The van der Waals surface area contributed by atoms with E-state index in [0.717, 1.165) is 44.7 Å². The van der Waals surface area contributed by atoms with Gasteiger partial charge < -0.3 is 19.4 Å². The molecule has 1 unspecified atom stereocenters. The van der Waals surface area contributed by atoms with Gasteiger partial charge in [0.25, 0.3) is 5.91 Å². The number of hydrogen-bond donors (Lipinski definition) is 0. The highest BCUT2D eigenvalue weighted by Gasteiger charge is 2.33. The van der Waals surface area contributed by atoms with E-state index in [1.165, 1.54) is 31.6 Å². The lowest BCUT2D eigenvalue weighted by Gasteiger charge is -2.39. The minimum Gasteiger partial charge on any atom is -0.368 e. The molecule has 2 fully saturated rings. The molecule has 0 aromatic heterocycles. The Balaban J connectivity index is 1.48. The van der Waals surface area contributed by atoms with Gasteiger partial charge in [0.05, 0.1) is 11.4 Å². The van der Waals surface area contributed by atoms with E-state index in [2.05, 4.69) is 28.0 Å². The lowest BCUT2D eigenvalue weighted by Crippen LogP contribution is -2.49. The molecule has 24 heavy (non-hydrogen) atoms. The highest BCUT2D eigenvalue weighted by atomic mass is 16.5. The van der Waals surface area contributed by atoms with Crippen LogP contribution in [0.25, 0.3) is 0 Å². The molecule has 0 saturated carbocycles. The average molecular weight is 329 g/mol. The van der Waals surface area contributed by atoms with Crippen LogP contribution >= 0.6 is 0 Å². The summed E-state index contributed by atoms with van der Waals surface area (Å²) in [5.41, 5.74) is 2.24. The summed E-state index contributed by atoms with van der Waals surface area (Å²) in [5, 5.41) is 0. The number of benzene rings is 1. The van der Waals surface area contributed by atoms with Crippen LogP contribution in [0.15, 0.2) is 24.3 Å². The molecule has 0 radical (unpaired) electrons. The van der Waals surface area contributed by atoms with Gasteiger partial charge in [0.2, 0.25) is 0 Å². The number of hydrogen-bond acceptors (Lipinski definition) is 4. The van der Waals surface area contributed by atoms with Crippen molar-refractivity contribution in [1.29, 1.82) is 0 Å². The first-order valence-corrected chi connectivity index (χ1v) is 9.32. The van der Waals surface area contributed by atoms with Crippen molar-refractivity contribution in [2.24, 2.45) is 0 Å². The van der Waals surface area contributed by atoms with Crippen LogP contribution in [-0.4, -0.2) is 62.8 Å². The minimum atomic E-state index is -0.241. The summed E-state index contributed by atoms with van der Waals surface area (Å²) in [4.78, 5) is 19.7. The van der Waals surface area contributed by atoms with Gasteiger partial charge in [0.15, 0.2) is 0 Å². The number of rotatable bonds is 4. The fourth-order valence-corrected chi connectivity index (χ4v) is 4.10. The Bertz CT molecular complexity index is 580. The van der Waals surface area contributed by atoms with Crippen LogP contribution in [0.3, 0.4) is 0 Å². The molecule has 130 valence electrons. The molecule has 3 heterocycles.